The fourth-order valence-corrected chi connectivity index (χ4v) is 2.12. The van der Waals surface area contributed by atoms with E-state index in [0.29, 0.717) is 12.4 Å². The molecule has 0 bridgehead atoms. The van der Waals surface area contributed by atoms with E-state index in [4.69, 9.17) is 0 Å². The van der Waals surface area contributed by atoms with E-state index in [-0.39, 0.29) is 16.7 Å². The van der Waals surface area contributed by atoms with E-state index in [9.17, 15) is 9.59 Å². The van der Waals surface area contributed by atoms with Gasteiger partial charge >= 0.3 is 5.69 Å². The zero-order valence-corrected chi connectivity index (χ0v) is 11.6. The van der Waals surface area contributed by atoms with Crippen LogP contribution in [0.25, 0.3) is 22.6 Å². The average molecular weight is 286 g/mol. The fraction of sp³-hybridized carbons (Fsp3) is 0.231. The third-order valence-corrected chi connectivity index (χ3v) is 3.24. The number of pyridine rings is 1. The summed E-state index contributed by atoms with van der Waals surface area (Å²) in [5, 5.41) is 2.92. The molecule has 0 aliphatic carbocycles. The lowest BCUT2D eigenvalue weighted by Gasteiger charge is -1.99. The number of aromatic nitrogens is 5. The van der Waals surface area contributed by atoms with Crippen molar-refractivity contribution in [1.82, 2.24) is 24.5 Å². The van der Waals surface area contributed by atoms with Gasteiger partial charge < -0.3 is 10.3 Å². The summed E-state index contributed by atoms with van der Waals surface area (Å²) in [6.07, 6.45) is 1.64. The van der Waals surface area contributed by atoms with E-state index in [0.717, 1.165) is 15.9 Å². The van der Waals surface area contributed by atoms with Crippen LogP contribution in [-0.4, -0.2) is 31.6 Å². The quantitative estimate of drug-likeness (QED) is 0.651. The SMILES string of the molecule is CCn1c(=O)[nH]c2nc(-c3ccc(NC)nc3)[nH]c2c1=O. The molecule has 0 radical (unpaired) electrons. The lowest BCUT2D eigenvalue weighted by molar-refractivity contribution is 0.682. The summed E-state index contributed by atoms with van der Waals surface area (Å²) in [5.41, 5.74) is 0.423. The molecular weight excluding hydrogens is 272 g/mol. The van der Waals surface area contributed by atoms with Crippen LogP contribution in [0.15, 0.2) is 27.9 Å². The van der Waals surface area contributed by atoms with Crippen molar-refractivity contribution >= 4 is 17.0 Å². The first-order valence-electron chi connectivity index (χ1n) is 6.51. The summed E-state index contributed by atoms with van der Waals surface area (Å²) < 4.78 is 1.12. The molecule has 21 heavy (non-hydrogen) atoms. The minimum absolute atomic E-state index is 0.252. The monoisotopic (exact) mass is 286 g/mol. The maximum absolute atomic E-state index is 12.2. The highest BCUT2D eigenvalue weighted by atomic mass is 16.2. The molecule has 0 aliphatic rings. The summed E-state index contributed by atoms with van der Waals surface area (Å²) in [5.74, 6) is 1.22. The van der Waals surface area contributed by atoms with Gasteiger partial charge in [-0.15, -0.1) is 0 Å². The molecule has 8 heteroatoms. The zero-order chi connectivity index (χ0) is 15.0. The molecule has 0 aromatic carbocycles. The summed E-state index contributed by atoms with van der Waals surface area (Å²) >= 11 is 0. The number of H-pyrrole nitrogens is 2. The number of imidazole rings is 1. The minimum atomic E-state index is -0.461. The van der Waals surface area contributed by atoms with E-state index in [1.807, 2.05) is 6.07 Å². The molecule has 108 valence electrons. The summed E-state index contributed by atoms with van der Waals surface area (Å²) in [6, 6.07) is 3.63. The highest BCUT2D eigenvalue weighted by Gasteiger charge is 2.12. The van der Waals surface area contributed by atoms with E-state index < -0.39 is 5.69 Å². The first-order chi connectivity index (χ1) is 10.1. The molecule has 0 aliphatic heterocycles. The number of aromatic amines is 2. The molecule has 3 aromatic rings. The summed E-state index contributed by atoms with van der Waals surface area (Å²) in [6.45, 7) is 2.04. The Morgan fingerprint density at radius 1 is 1.29 bits per heavy atom. The van der Waals surface area contributed by atoms with Gasteiger partial charge in [0.15, 0.2) is 5.65 Å². The second-order valence-corrected chi connectivity index (χ2v) is 4.47. The first-order valence-corrected chi connectivity index (χ1v) is 6.51. The number of nitrogens with zero attached hydrogens (tertiary/aromatic N) is 3. The highest BCUT2D eigenvalue weighted by molar-refractivity contribution is 5.74. The van der Waals surface area contributed by atoms with E-state index >= 15 is 0 Å². The Hall–Kier alpha value is -2.90. The number of hydrogen-bond donors (Lipinski definition) is 3. The number of anilines is 1. The van der Waals surface area contributed by atoms with Gasteiger partial charge in [-0.2, -0.15) is 0 Å². The van der Waals surface area contributed by atoms with E-state index in [1.165, 1.54) is 0 Å². The van der Waals surface area contributed by atoms with Gasteiger partial charge in [-0.25, -0.2) is 14.8 Å². The molecule has 0 saturated heterocycles. The molecule has 3 N–H and O–H groups in total. The Labute approximate surface area is 118 Å². The van der Waals surface area contributed by atoms with Crippen molar-refractivity contribution in [2.45, 2.75) is 13.5 Å². The smallest absolute Gasteiger partial charge is 0.330 e. The van der Waals surface area contributed by atoms with Crippen molar-refractivity contribution in [3.63, 3.8) is 0 Å². The normalized spacial score (nSPS) is 11.0. The van der Waals surface area contributed by atoms with Gasteiger partial charge in [0.05, 0.1) is 0 Å². The molecule has 3 aromatic heterocycles. The predicted octanol–water partition coefficient (Wildman–Crippen LogP) is 0.536. The number of fused-ring (bicyclic) bond motifs is 1. The zero-order valence-electron chi connectivity index (χ0n) is 11.6. The lowest BCUT2D eigenvalue weighted by Crippen LogP contribution is -2.34. The standard InChI is InChI=1S/C13H14N6O2/c1-3-19-12(20)9-11(18-13(19)21)17-10(16-9)7-4-5-8(14-2)15-6-7/h4-6H,3H2,1-2H3,(H,14,15)(H,16,17)(H,18,21). The molecule has 8 nitrogen and oxygen atoms in total. The topological polar surface area (TPSA) is 108 Å². The Bertz CT molecular complexity index is 903. The Kier molecular flexibility index (Phi) is 3.05. The maximum atomic E-state index is 12.2. The second-order valence-electron chi connectivity index (χ2n) is 4.47. The van der Waals surface area contributed by atoms with Crippen molar-refractivity contribution in [2.75, 3.05) is 12.4 Å². The molecule has 0 spiro atoms. The van der Waals surface area contributed by atoms with Crippen LogP contribution in [0.1, 0.15) is 6.92 Å². The van der Waals surface area contributed by atoms with Crippen LogP contribution in [0.5, 0.6) is 0 Å². The van der Waals surface area contributed by atoms with Crippen molar-refractivity contribution in [1.29, 1.82) is 0 Å². The highest BCUT2D eigenvalue weighted by Crippen LogP contribution is 2.17. The van der Waals surface area contributed by atoms with Gasteiger partial charge in [0, 0.05) is 25.4 Å². The van der Waals surface area contributed by atoms with Crippen molar-refractivity contribution in [3.8, 4) is 11.4 Å². The largest absolute Gasteiger partial charge is 0.373 e. The van der Waals surface area contributed by atoms with E-state index in [2.05, 4.69) is 25.3 Å². The third-order valence-electron chi connectivity index (χ3n) is 3.24. The Morgan fingerprint density at radius 2 is 2.10 bits per heavy atom. The first kappa shape index (κ1) is 13.1. The molecule has 3 heterocycles. The molecule has 0 fully saturated rings. The summed E-state index contributed by atoms with van der Waals surface area (Å²) in [7, 11) is 1.78. The molecule has 0 amide bonds. The third kappa shape index (κ3) is 2.10. The van der Waals surface area contributed by atoms with Crippen LogP contribution in [0, 0.1) is 0 Å². The van der Waals surface area contributed by atoms with Crippen LogP contribution >= 0.6 is 0 Å². The van der Waals surface area contributed by atoms with Gasteiger partial charge in [0.2, 0.25) is 0 Å². The average Bonchev–Trinajstić information content (AvgIpc) is 2.92. The molecule has 0 unspecified atom stereocenters. The lowest BCUT2D eigenvalue weighted by atomic mass is 10.3. The predicted molar refractivity (Wildman–Crippen MR) is 79.4 cm³/mol. The summed E-state index contributed by atoms with van der Waals surface area (Å²) in [4.78, 5) is 37.9. The van der Waals surface area contributed by atoms with E-state index in [1.54, 1.807) is 26.2 Å². The Morgan fingerprint density at radius 3 is 2.71 bits per heavy atom. The molecule has 0 saturated carbocycles. The van der Waals surface area contributed by atoms with Gasteiger partial charge in [-0.3, -0.25) is 14.3 Å². The van der Waals surface area contributed by atoms with Crippen LogP contribution in [0.3, 0.4) is 0 Å². The molecule has 3 rings (SSSR count). The minimum Gasteiger partial charge on any atom is -0.373 e. The van der Waals surface area contributed by atoms with Crippen molar-refractivity contribution in [2.24, 2.45) is 0 Å². The maximum Gasteiger partial charge on any atom is 0.330 e. The van der Waals surface area contributed by atoms with Crippen molar-refractivity contribution in [3.05, 3.63) is 39.2 Å². The van der Waals surface area contributed by atoms with Gasteiger partial charge in [0.25, 0.3) is 5.56 Å². The molecule has 0 atom stereocenters. The van der Waals surface area contributed by atoms with Crippen LogP contribution in [0.2, 0.25) is 0 Å². The van der Waals surface area contributed by atoms with Gasteiger partial charge in [-0.05, 0) is 19.1 Å². The van der Waals surface area contributed by atoms with Gasteiger partial charge in [0.1, 0.15) is 17.2 Å². The number of nitrogens with one attached hydrogen (secondary N) is 3. The number of hydrogen-bond acceptors (Lipinski definition) is 5. The van der Waals surface area contributed by atoms with Crippen LogP contribution in [0.4, 0.5) is 5.82 Å². The van der Waals surface area contributed by atoms with Crippen LogP contribution in [-0.2, 0) is 6.54 Å². The van der Waals surface area contributed by atoms with Gasteiger partial charge in [-0.1, -0.05) is 0 Å². The molecular formula is C13H14N6O2. The fourth-order valence-electron chi connectivity index (χ4n) is 2.12. The Balaban J connectivity index is 2.19. The second kappa shape index (κ2) is 4.89. The number of rotatable bonds is 3. The van der Waals surface area contributed by atoms with Crippen LogP contribution < -0.4 is 16.6 Å². The van der Waals surface area contributed by atoms with Crippen molar-refractivity contribution < 1.29 is 0 Å².